The highest BCUT2D eigenvalue weighted by Gasteiger charge is 2.47. The van der Waals surface area contributed by atoms with Crippen molar-refractivity contribution in [3.63, 3.8) is 0 Å². The third-order valence-corrected chi connectivity index (χ3v) is 5.41. The fraction of sp³-hybridized carbons (Fsp3) is 0.688. The fourth-order valence-corrected chi connectivity index (χ4v) is 3.98. The number of aromatic nitrogens is 2. The van der Waals surface area contributed by atoms with Crippen molar-refractivity contribution in [2.45, 2.75) is 31.1 Å². The van der Waals surface area contributed by atoms with Crippen LogP contribution in [-0.4, -0.2) is 58.1 Å². The summed E-state index contributed by atoms with van der Waals surface area (Å²) in [5, 5.41) is 4.60. The molecule has 0 aromatic carbocycles. The SMILES string of the molecule is CN1CC2(CCN(C(=O)C3CC3)CC2)c2nn(C)cc2C1=O. The lowest BCUT2D eigenvalue weighted by atomic mass is 9.72. The molecule has 0 bridgehead atoms. The first-order valence-corrected chi connectivity index (χ1v) is 8.08. The highest BCUT2D eigenvalue weighted by atomic mass is 16.2. The smallest absolute Gasteiger partial charge is 0.257 e. The van der Waals surface area contributed by atoms with Gasteiger partial charge in [-0.15, -0.1) is 0 Å². The van der Waals surface area contributed by atoms with Crippen molar-refractivity contribution in [1.29, 1.82) is 0 Å². The molecule has 1 saturated carbocycles. The molecule has 2 fully saturated rings. The minimum Gasteiger partial charge on any atom is -0.342 e. The molecule has 1 aromatic heterocycles. The number of carbonyl (C=O) groups is 2. The van der Waals surface area contributed by atoms with Crippen LogP contribution in [0, 0.1) is 5.92 Å². The van der Waals surface area contributed by atoms with Crippen LogP contribution in [0.1, 0.15) is 41.7 Å². The largest absolute Gasteiger partial charge is 0.342 e. The van der Waals surface area contributed by atoms with Crippen molar-refractivity contribution in [2.24, 2.45) is 13.0 Å². The van der Waals surface area contributed by atoms with Gasteiger partial charge in [0.15, 0.2) is 0 Å². The van der Waals surface area contributed by atoms with E-state index >= 15 is 0 Å². The van der Waals surface area contributed by atoms with Crippen LogP contribution in [0.15, 0.2) is 6.20 Å². The van der Waals surface area contributed by atoms with Crippen LogP contribution in [0.3, 0.4) is 0 Å². The predicted octanol–water partition coefficient (Wildman–Crippen LogP) is 0.776. The number of hydrogen-bond donors (Lipinski definition) is 0. The van der Waals surface area contributed by atoms with E-state index in [2.05, 4.69) is 5.10 Å². The van der Waals surface area contributed by atoms with Crippen LogP contribution in [0.4, 0.5) is 0 Å². The first-order chi connectivity index (χ1) is 10.5. The van der Waals surface area contributed by atoms with Crippen LogP contribution in [-0.2, 0) is 17.3 Å². The summed E-state index contributed by atoms with van der Waals surface area (Å²) in [5.74, 6) is 0.677. The van der Waals surface area contributed by atoms with E-state index in [-0.39, 0.29) is 17.2 Å². The number of amides is 2. The second-order valence-electron chi connectivity index (χ2n) is 7.11. The number of hydrogen-bond acceptors (Lipinski definition) is 3. The van der Waals surface area contributed by atoms with Gasteiger partial charge in [-0.05, 0) is 25.7 Å². The molecule has 4 rings (SSSR count). The highest BCUT2D eigenvalue weighted by Crippen LogP contribution is 2.41. The summed E-state index contributed by atoms with van der Waals surface area (Å²) in [6.45, 7) is 2.28. The van der Waals surface area contributed by atoms with E-state index < -0.39 is 0 Å². The van der Waals surface area contributed by atoms with Gasteiger partial charge in [0, 0.05) is 51.3 Å². The maximum absolute atomic E-state index is 12.3. The second-order valence-corrected chi connectivity index (χ2v) is 7.11. The summed E-state index contributed by atoms with van der Waals surface area (Å²) < 4.78 is 1.74. The van der Waals surface area contributed by atoms with Gasteiger partial charge in [0.1, 0.15) is 0 Å². The zero-order chi connectivity index (χ0) is 15.5. The predicted molar refractivity (Wildman–Crippen MR) is 80.4 cm³/mol. The minimum atomic E-state index is -0.0837. The summed E-state index contributed by atoms with van der Waals surface area (Å²) in [6.07, 6.45) is 5.74. The van der Waals surface area contributed by atoms with Gasteiger partial charge in [0.2, 0.25) is 5.91 Å². The van der Waals surface area contributed by atoms with Crippen LogP contribution in [0.2, 0.25) is 0 Å². The maximum atomic E-state index is 12.3. The van der Waals surface area contributed by atoms with E-state index in [1.807, 2.05) is 30.1 Å². The van der Waals surface area contributed by atoms with Gasteiger partial charge in [-0.3, -0.25) is 14.3 Å². The lowest BCUT2D eigenvalue weighted by Crippen LogP contribution is -2.54. The summed E-state index contributed by atoms with van der Waals surface area (Å²) in [7, 11) is 3.73. The van der Waals surface area contributed by atoms with E-state index in [1.165, 1.54) is 0 Å². The van der Waals surface area contributed by atoms with Gasteiger partial charge < -0.3 is 9.80 Å². The van der Waals surface area contributed by atoms with Gasteiger partial charge >= 0.3 is 0 Å². The Kier molecular flexibility index (Phi) is 2.86. The van der Waals surface area contributed by atoms with Crippen molar-refractivity contribution < 1.29 is 9.59 Å². The molecule has 1 aliphatic carbocycles. The Morgan fingerprint density at radius 1 is 1.27 bits per heavy atom. The van der Waals surface area contributed by atoms with Gasteiger partial charge in [0.05, 0.1) is 11.3 Å². The van der Waals surface area contributed by atoms with E-state index in [9.17, 15) is 9.59 Å². The van der Waals surface area contributed by atoms with Crippen molar-refractivity contribution in [3.05, 3.63) is 17.5 Å². The number of aryl methyl sites for hydroxylation is 1. The Morgan fingerprint density at radius 2 is 1.95 bits per heavy atom. The van der Waals surface area contributed by atoms with Crippen LogP contribution >= 0.6 is 0 Å². The van der Waals surface area contributed by atoms with Gasteiger partial charge in [0.25, 0.3) is 5.91 Å². The normalized spacial score (nSPS) is 23.8. The number of fused-ring (bicyclic) bond motifs is 2. The number of likely N-dealkylation sites (N-methyl/N-ethyl adjacent to an activating group) is 1. The molecule has 1 spiro atoms. The summed E-state index contributed by atoms with van der Waals surface area (Å²) in [4.78, 5) is 28.4. The average molecular weight is 302 g/mol. The minimum absolute atomic E-state index is 0.0604. The van der Waals surface area contributed by atoms with E-state index in [1.54, 1.807) is 4.68 Å². The van der Waals surface area contributed by atoms with Crippen LogP contribution < -0.4 is 0 Å². The molecule has 2 aliphatic heterocycles. The molecule has 0 unspecified atom stereocenters. The number of rotatable bonds is 1. The number of nitrogens with zero attached hydrogens (tertiary/aromatic N) is 4. The Morgan fingerprint density at radius 3 is 2.59 bits per heavy atom. The van der Waals surface area contributed by atoms with E-state index in [0.717, 1.165) is 50.0 Å². The Hall–Kier alpha value is -1.85. The second kappa shape index (κ2) is 4.57. The molecule has 0 radical (unpaired) electrons. The third kappa shape index (κ3) is 1.96. The molecule has 0 atom stereocenters. The third-order valence-electron chi connectivity index (χ3n) is 5.41. The fourth-order valence-electron chi connectivity index (χ4n) is 3.98. The van der Waals surface area contributed by atoms with Gasteiger partial charge in [-0.1, -0.05) is 0 Å². The molecule has 1 saturated heterocycles. The Balaban J connectivity index is 1.61. The molecule has 6 nitrogen and oxygen atoms in total. The molecule has 118 valence electrons. The van der Waals surface area contributed by atoms with Crippen molar-refractivity contribution in [2.75, 3.05) is 26.7 Å². The molecular formula is C16H22N4O2. The molecule has 3 heterocycles. The zero-order valence-corrected chi connectivity index (χ0v) is 13.2. The monoisotopic (exact) mass is 302 g/mol. The standard InChI is InChI=1S/C16H22N4O2/c1-18-10-16(13-12(15(18)22)9-19(2)17-13)5-7-20(8-6-16)14(21)11-3-4-11/h9,11H,3-8,10H2,1-2H3. The quantitative estimate of drug-likeness (QED) is 0.770. The Bertz CT molecular complexity index is 639. The number of carbonyl (C=O) groups excluding carboxylic acids is 2. The molecule has 22 heavy (non-hydrogen) atoms. The number of likely N-dealkylation sites (tertiary alicyclic amines) is 1. The number of piperidine rings is 1. The lowest BCUT2D eigenvalue weighted by molar-refractivity contribution is -0.134. The van der Waals surface area contributed by atoms with Crippen molar-refractivity contribution in [3.8, 4) is 0 Å². The molecule has 2 amide bonds. The van der Waals surface area contributed by atoms with Crippen molar-refractivity contribution in [1.82, 2.24) is 19.6 Å². The van der Waals surface area contributed by atoms with Crippen LogP contribution in [0.25, 0.3) is 0 Å². The van der Waals surface area contributed by atoms with Gasteiger partial charge in [-0.25, -0.2) is 0 Å². The summed E-state index contributed by atoms with van der Waals surface area (Å²) in [5.41, 5.74) is 1.59. The molecule has 1 aromatic rings. The highest BCUT2D eigenvalue weighted by molar-refractivity contribution is 5.96. The molecule has 3 aliphatic rings. The first kappa shape index (κ1) is 13.8. The first-order valence-electron chi connectivity index (χ1n) is 8.08. The summed E-state index contributed by atoms with van der Waals surface area (Å²) >= 11 is 0. The Labute approximate surface area is 130 Å². The van der Waals surface area contributed by atoms with E-state index in [0.29, 0.717) is 12.5 Å². The topological polar surface area (TPSA) is 58.4 Å². The summed E-state index contributed by atoms with van der Waals surface area (Å²) in [6, 6.07) is 0. The molecule has 6 heteroatoms. The van der Waals surface area contributed by atoms with Gasteiger partial charge in [-0.2, -0.15) is 5.10 Å². The lowest BCUT2D eigenvalue weighted by Gasteiger charge is -2.45. The zero-order valence-electron chi connectivity index (χ0n) is 13.2. The molecular weight excluding hydrogens is 280 g/mol. The maximum Gasteiger partial charge on any atom is 0.257 e. The molecule has 0 N–H and O–H groups in total. The van der Waals surface area contributed by atoms with Crippen LogP contribution in [0.5, 0.6) is 0 Å². The van der Waals surface area contributed by atoms with Crippen molar-refractivity contribution >= 4 is 11.8 Å². The van der Waals surface area contributed by atoms with E-state index in [4.69, 9.17) is 0 Å². The average Bonchev–Trinajstić information content (AvgIpc) is 3.27.